The van der Waals surface area contributed by atoms with Crippen molar-refractivity contribution in [3.63, 3.8) is 0 Å². The number of rotatable bonds is 3. The van der Waals surface area contributed by atoms with E-state index in [0.717, 1.165) is 12.6 Å². The van der Waals surface area contributed by atoms with Gasteiger partial charge in [0, 0.05) is 18.0 Å². The number of hydrogen-bond acceptors (Lipinski definition) is 3. The van der Waals surface area contributed by atoms with E-state index >= 15 is 0 Å². The topological polar surface area (TPSA) is 38.3 Å². The zero-order valence-corrected chi connectivity index (χ0v) is 9.46. The number of halogens is 3. The zero-order valence-electron chi connectivity index (χ0n) is 9.46. The Morgan fingerprint density at radius 3 is 2.78 bits per heavy atom. The van der Waals surface area contributed by atoms with Crippen LogP contribution in [0.5, 0.6) is 5.75 Å². The minimum absolute atomic E-state index is 0.146. The van der Waals surface area contributed by atoms with Gasteiger partial charge in [-0.2, -0.15) is 0 Å². The van der Waals surface area contributed by atoms with Gasteiger partial charge in [0.05, 0.1) is 0 Å². The van der Waals surface area contributed by atoms with Crippen molar-refractivity contribution in [1.29, 1.82) is 0 Å². The van der Waals surface area contributed by atoms with E-state index in [1.165, 1.54) is 18.2 Å². The highest BCUT2D eigenvalue weighted by molar-refractivity contribution is 5.98. The maximum Gasteiger partial charge on any atom is 0.573 e. The summed E-state index contributed by atoms with van der Waals surface area (Å²) in [6.45, 7) is 1.33. The molecular formula is C12H12F3NO2. The molecule has 1 aromatic rings. The van der Waals surface area contributed by atoms with Gasteiger partial charge in [0.25, 0.3) is 0 Å². The number of alkyl halides is 3. The van der Waals surface area contributed by atoms with E-state index in [4.69, 9.17) is 0 Å². The van der Waals surface area contributed by atoms with E-state index in [1.807, 2.05) is 0 Å². The molecule has 1 unspecified atom stereocenters. The summed E-state index contributed by atoms with van der Waals surface area (Å²) in [6, 6.07) is 5.20. The quantitative estimate of drug-likeness (QED) is 0.847. The standard InChI is InChI=1S/C12H12F3NO2/c13-12(14,15)18-10-3-1-2-8(6-10)11(17)9-4-5-16-7-9/h1-3,6,9,16H,4-5,7H2. The van der Waals surface area contributed by atoms with E-state index < -0.39 is 6.36 Å². The van der Waals surface area contributed by atoms with Crippen LogP contribution >= 0.6 is 0 Å². The first-order valence-electron chi connectivity index (χ1n) is 5.56. The highest BCUT2D eigenvalue weighted by Gasteiger charge is 2.31. The largest absolute Gasteiger partial charge is 0.573 e. The Bertz CT molecular complexity index is 439. The van der Waals surface area contributed by atoms with Crippen LogP contribution in [-0.4, -0.2) is 25.2 Å². The van der Waals surface area contributed by atoms with Gasteiger partial charge in [-0.25, -0.2) is 0 Å². The van der Waals surface area contributed by atoms with Crippen molar-refractivity contribution in [2.24, 2.45) is 5.92 Å². The summed E-state index contributed by atoms with van der Waals surface area (Å²) >= 11 is 0. The number of ether oxygens (including phenoxy) is 1. The van der Waals surface area contributed by atoms with E-state index in [2.05, 4.69) is 10.1 Å². The summed E-state index contributed by atoms with van der Waals surface area (Å²) in [7, 11) is 0. The lowest BCUT2D eigenvalue weighted by molar-refractivity contribution is -0.274. The van der Waals surface area contributed by atoms with Crippen LogP contribution in [0.2, 0.25) is 0 Å². The number of nitrogens with one attached hydrogen (secondary N) is 1. The summed E-state index contributed by atoms with van der Waals surface area (Å²) in [5.74, 6) is -0.668. The van der Waals surface area contributed by atoms with E-state index in [0.29, 0.717) is 13.0 Å². The second-order valence-electron chi connectivity index (χ2n) is 4.13. The molecule has 98 valence electrons. The summed E-state index contributed by atoms with van der Waals surface area (Å²) in [5, 5.41) is 3.04. The molecule has 0 amide bonds. The fourth-order valence-corrected chi connectivity index (χ4v) is 1.96. The second-order valence-corrected chi connectivity index (χ2v) is 4.13. The lowest BCUT2D eigenvalue weighted by Gasteiger charge is -2.11. The number of hydrogen-bond donors (Lipinski definition) is 1. The third-order valence-corrected chi connectivity index (χ3v) is 2.78. The minimum Gasteiger partial charge on any atom is -0.406 e. The van der Waals surface area contributed by atoms with Crippen LogP contribution in [0.4, 0.5) is 13.2 Å². The van der Waals surface area contributed by atoms with Crippen molar-refractivity contribution in [1.82, 2.24) is 5.32 Å². The monoisotopic (exact) mass is 259 g/mol. The van der Waals surface area contributed by atoms with E-state index in [1.54, 1.807) is 0 Å². The van der Waals surface area contributed by atoms with Crippen molar-refractivity contribution in [2.45, 2.75) is 12.8 Å². The minimum atomic E-state index is -4.74. The van der Waals surface area contributed by atoms with Crippen molar-refractivity contribution in [3.8, 4) is 5.75 Å². The molecule has 3 nitrogen and oxygen atoms in total. The number of Topliss-reactive ketones (excluding diaryl/α,β-unsaturated/α-hetero) is 1. The average Bonchev–Trinajstić information content (AvgIpc) is 2.79. The van der Waals surface area contributed by atoms with Crippen LogP contribution < -0.4 is 10.1 Å². The molecule has 0 bridgehead atoms. The Morgan fingerprint density at radius 2 is 2.17 bits per heavy atom. The first kappa shape index (κ1) is 12.9. The van der Waals surface area contributed by atoms with Gasteiger partial charge in [-0.3, -0.25) is 4.79 Å². The third kappa shape index (κ3) is 3.22. The molecule has 0 radical (unpaired) electrons. The normalized spacial score (nSPS) is 19.8. The molecule has 1 atom stereocenters. The summed E-state index contributed by atoms with van der Waals surface area (Å²) in [5.41, 5.74) is 0.255. The molecule has 18 heavy (non-hydrogen) atoms. The average molecular weight is 259 g/mol. The first-order valence-corrected chi connectivity index (χ1v) is 5.56. The van der Waals surface area contributed by atoms with Crippen LogP contribution in [-0.2, 0) is 0 Å². The van der Waals surface area contributed by atoms with Crippen LogP contribution in [0.3, 0.4) is 0 Å². The molecule has 2 rings (SSSR count). The van der Waals surface area contributed by atoms with Crippen molar-refractivity contribution in [2.75, 3.05) is 13.1 Å². The predicted molar refractivity (Wildman–Crippen MR) is 58.4 cm³/mol. The Hall–Kier alpha value is -1.56. The molecule has 1 aromatic carbocycles. The highest BCUT2D eigenvalue weighted by Crippen LogP contribution is 2.25. The molecule has 0 aromatic heterocycles. The van der Waals surface area contributed by atoms with Gasteiger partial charge in [-0.15, -0.1) is 13.2 Å². The lowest BCUT2D eigenvalue weighted by Crippen LogP contribution is -2.19. The van der Waals surface area contributed by atoms with Crippen molar-refractivity contribution < 1.29 is 22.7 Å². The Labute approximate surface area is 102 Å². The second kappa shape index (κ2) is 4.97. The van der Waals surface area contributed by atoms with Gasteiger partial charge in [-0.1, -0.05) is 12.1 Å². The van der Waals surface area contributed by atoms with Crippen LogP contribution in [0.15, 0.2) is 24.3 Å². The third-order valence-electron chi connectivity index (χ3n) is 2.78. The van der Waals surface area contributed by atoms with Gasteiger partial charge in [0.2, 0.25) is 0 Å². The van der Waals surface area contributed by atoms with Crippen molar-refractivity contribution in [3.05, 3.63) is 29.8 Å². The van der Waals surface area contributed by atoms with Crippen LogP contribution in [0.1, 0.15) is 16.8 Å². The smallest absolute Gasteiger partial charge is 0.406 e. The number of carbonyl (C=O) groups excluding carboxylic acids is 1. The molecule has 1 aliphatic rings. The summed E-state index contributed by atoms with van der Waals surface area (Å²) in [6.07, 6.45) is -4.03. The van der Waals surface area contributed by atoms with E-state index in [-0.39, 0.29) is 23.0 Å². The summed E-state index contributed by atoms with van der Waals surface area (Å²) in [4.78, 5) is 12.0. The molecular weight excluding hydrogens is 247 g/mol. The van der Waals surface area contributed by atoms with Gasteiger partial charge in [0.15, 0.2) is 5.78 Å². The zero-order chi connectivity index (χ0) is 13.2. The van der Waals surface area contributed by atoms with Gasteiger partial charge in [0.1, 0.15) is 5.75 Å². The van der Waals surface area contributed by atoms with Crippen LogP contribution in [0.25, 0.3) is 0 Å². The fourth-order valence-electron chi connectivity index (χ4n) is 1.96. The molecule has 0 spiro atoms. The first-order chi connectivity index (χ1) is 8.46. The summed E-state index contributed by atoms with van der Waals surface area (Å²) < 4.78 is 40.0. The molecule has 1 aliphatic heterocycles. The predicted octanol–water partition coefficient (Wildman–Crippen LogP) is 2.38. The lowest BCUT2D eigenvalue weighted by atomic mass is 9.97. The SMILES string of the molecule is O=C(c1cccc(OC(F)(F)F)c1)C1CCNC1. The van der Waals surface area contributed by atoms with E-state index in [9.17, 15) is 18.0 Å². The Morgan fingerprint density at radius 1 is 1.39 bits per heavy atom. The van der Waals surface area contributed by atoms with Gasteiger partial charge >= 0.3 is 6.36 Å². The number of benzene rings is 1. The molecule has 1 heterocycles. The Balaban J connectivity index is 2.13. The molecule has 6 heteroatoms. The van der Waals surface area contributed by atoms with Gasteiger partial charge < -0.3 is 10.1 Å². The number of carbonyl (C=O) groups is 1. The Kier molecular flexibility index (Phi) is 3.56. The molecule has 0 aliphatic carbocycles. The fraction of sp³-hybridized carbons (Fsp3) is 0.417. The maximum atomic E-state index is 12.1. The number of ketones is 1. The molecule has 1 N–H and O–H groups in total. The van der Waals surface area contributed by atoms with Crippen molar-refractivity contribution >= 4 is 5.78 Å². The molecule has 1 saturated heterocycles. The maximum absolute atomic E-state index is 12.1. The van der Waals surface area contributed by atoms with Crippen LogP contribution in [0, 0.1) is 5.92 Å². The molecule has 1 fully saturated rings. The van der Waals surface area contributed by atoms with Gasteiger partial charge in [-0.05, 0) is 25.1 Å². The molecule has 0 saturated carbocycles. The highest BCUT2D eigenvalue weighted by atomic mass is 19.4.